The molecule has 0 saturated carbocycles. The highest BCUT2D eigenvalue weighted by Gasteiger charge is 2.14. The van der Waals surface area contributed by atoms with Crippen molar-refractivity contribution in [3.05, 3.63) is 140 Å². The molecule has 0 aliphatic rings. The van der Waals surface area contributed by atoms with E-state index in [2.05, 4.69) is 132 Å². The quantitative estimate of drug-likeness (QED) is 0.243. The molecule has 178 valence electrons. The van der Waals surface area contributed by atoms with E-state index in [1.54, 1.807) is 0 Å². The second-order valence-electron chi connectivity index (χ2n) is 9.77. The highest BCUT2D eigenvalue weighted by molar-refractivity contribution is 6.12. The number of fused-ring (bicyclic) bond motifs is 6. The molecular weight excluding hydrogens is 462 g/mol. The van der Waals surface area contributed by atoms with Gasteiger partial charge in [-0.05, 0) is 64.7 Å². The van der Waals surface area contributed by atoms with Crippen molar-refractivity contribution in [2.75, 3.05) is 0 Å². The maximum atomic E-state index is 6.14. The number of hydrogen-bond acceptors (Lipinski definition) is 1. The zero-order valence-electron chi connectivity index (χ0n) is 20.6. The van der Waals surface area contributed by atoms with Crippen LogP contribution in [0.25, 0.3) is 71.7 Å². The minimum Gasteiger partial charge on any atom is -0.456 e. The van der Waals surface area contributed by atoms with E-state index >= 15 is 0 Å². The molecule has 38 heavy (non-hydrogen) atoms. The maximum absolute atomic E-state index is 6.14. The minimum absolute atomic E-state index is 0.921. The van der Waals surface area contributed by atoms with E-state index < -0.39 is 0 Å². The first-order chi connectivity index (χ1) is 18.8. The molecule has 0 amide bonds. The number of nitrogens with zero attached hydrogens (tertiary/aromatic N) is 1. The van der Waals surface area contributed by atoms with Crippen LogP contribution in [0.5, 0.6) is 0 Å². The van der Waals surface area contributed by atoms with Crippen molar-refractivity contribution in [3.8, 4) is 27.9 Å². The van der Waals surface area contributed by atoms with Gasteiger partial charge in [-0.1, -0.05) is 97.1 Å². The average Bonchev–Trinajstić information content (AvgIpc) is 3.53. The Balaban J connectivity index is 1.24. The van der Waals surface area contributed by atoms with Gasteiger partial charge in [-0.3, -0.25) is 0 Å². The molecule has 8 aromatic rings. The summed E-state index contributed by atoms with van der Waals surface area (Å²) in [7, 11) is 0. The van der Waals surface area contributed by atoms with Crippen molar-refractivity contribution in [2.45, 2.75) is 0 Å². The van der Waals surface area contributed by atoms with Crippen molar-refractivity contribution >= 4 is 43.7 Å². The largest absolute Gasteiger partial charge is 0.456 e. The van der Waals surface area contributed by atoms with Gasteiger partial charge in [0.25, 0.3) is 0 Å². The van der Waals surface area contributed by atoms with Crippen LogP contribution in [0.15, 0.2) is 144 Å². The van der Waals surface area contributed by atoms with Crippen molar-refractivity contribution in [1.82, 2.24) is 4.57 Å². The number of furan rings is 1. The number of aromatic nitrogens is 1. The first kappa shape index (κ1) is 21.0. The van der Waals surface area contributed by atoms with Crippen molar-refractivity contribution in [1.29, 1.82) is 0 Å². The number of rotatable bonds is 3. The first-order valence-corrected chi connectivity index (χ1v) is 12.9. The lowest BCUT2D eigenvalue weighted by Crippen LogP contribution is -1.93. The van der Waals surface area contributed by atoms with Crippen LogP contribution in [0.1, 0.15) is 0 Å². The SMILES string of the molecule is c1cc(-c2ccc(-n3c4ccccc4c4ccccc43)cc2)cc(-c2cccc3oc4ccccc4c23)c1. The summed E-state index contributed by atoms with van der Waals surface area (Å²) in [6.45, 7) is 0. The Kier molecular flexibility index (Phi) is 4.55. The fourth-order valence-electron chi connectivity index (χ4n) is 5.89. The highest BCUT2D eigenvalue weighted by atomic mass is 16.3. The third-order valence-electron chi connectivity index (χ3n) is 7.62. The molecule has 0 unspecified atom stereocenters. The van der Waals surface area contributed by atoms with Crippen molar-refractivity contribution < 1.29 is 4.42 Å². The lowest BCUT2D eigenvalue weighted by atomic mass is 9.96. The van der Waals surface area contributed by atoms with E-state index in [9.17, 15) is 0 Å². The van der Waals surface area contributed by atoms with Gasteiger partial charge in [0.15, 0.2) is 0 Å². The number of benzene rings is 6. The fraction of sp³-hybridized carbons (Fsp3) is 0. The summed E-state index contributed by atoms with van der Waals surface area (Å²) in [6.07, 6.45) is 0. The van der Waals surface area contributed by atoms with E-state index in [1.165, 1.54) is 49.4 Å². The van der Waals surface area contributed by atoms with Crippen molar-refractivity contribution in [2.24, 2.45) is 0 Å². The van der Waals surface area contributed by atoms with Gasteiger partial charge in [0.2, 0.25) is 0 Å². The Bertz CT molecular complexity index is 2070. The third kappa shape index (κ3) is 3.14. The molecule has 0 N–H and O–H groups in total. The standard InChI is InChI=1S/C36H23NO/c1-4-15-32-29(11-1)30-12-2-5-16-33(30)37(32)27-21-19-24(20-22-27)25-9-7-10-26(23-25)28-14-8-18-35-36(28)31-13-3-6-17-34(31)38-35/h1-23H. The molecule has 6 aromatic carbocycles. The lowest BCUT2D eigenvalue weighted by Gasteiger charge is -2.11. The summed E-state index contributed by atoms with van der Waals surface area (Å²) in [4.78, 5) is 0. The first-order valence-electron chi connectivity index (χ1n) is 12.9. The van der Waals surface area contributed by atoms with E-state index in [0.29, 0.717) is 0 Å². The van der Waals surface area contributed by atoms with E-state index in [-0.39, 0.29) is 0 Å². The molecule has 2 aromatic heterocycles. The molecule has 0 radical (unpaired) electrons. The van der Waals surface area contributed by atoms with E-state index in [4.69, 9.17) is 4.42 Å². The topological polar surface area (TPSA) is 18.1 Å². The van der Waals surface area contributed by atoms with Crippen LogP contribution in [0.4, 0.5) is 0 Å². The molecule has 0 fully saturated rings. The molecule has 2 nitrogen and oxygen atoms in total. The predicted octanol–water partition coefficient (Wildman–Crippen LogP) is 10.0. The van der Waals surface area contributed by atoms with E-state index in [0.717, 1.165) is 22.2 Å². The molecular formula is C36H23NO. The summed E-state index contributed by atoms with van der Waals surface area (Å²) in [6, 6.07) is 49.6. The summed E-state index contributed by atoms with van der Waals surface area (Å²) in [5.41, 5.74) is 10.2. The molecule has 0 saturated heterocycles. The Morgan fingerprint density at radius 1 is 0.421 bits per heavy atom. The fourth-order valence-corrected chi connectivity index (χ4v) is 5.89. The van der Waals surface area contributed by atoms with Gasteiger partial charge in [0, 0.05) is 27.2 Å². The summed E-state index contributed by atoms with van der Waals surface area (Å²) in [5, 5.41) is 4.88. The van der Waals surface area contributed by atoms with Gasteiger partial charge in [-0.15, -0.1) is 0 Å². The highest BCUT2D eigenvalue weighted by Crippen LogP contribution is 2.38. The van der Waals surface area contributed by atoms with Crippen LogP contribution in [-0.4, -0.2) is 4.57 Å². The maximum Gasteiger partial charge on any atom is 0.136 e. The predicted molar refractivity (Wildman–Crippen MR) is 159 cm³/mol. The van der Waals surface area contributed by atoms with Crippen LogP contribution >= 0.6 is 0 Å². The van der Waals surface area contributed by atoms with Crippen LogP contribution < -0.4 is 0 Å². The molecule has 0 spiro atoms. The van der Waals surface area contributed by atoms with Crippen LogP contribution in [0, 0.1) is 0 Å². The second-order valence-corrected chi connectivity index (χ2v) is 9.77. The zero-order chi connectivity index (χ0) is 25.1. The van der Waals surface area contributed by atoms with Crippen LogP contribution in [-0.2, 0) is 0 Å². The molecule has 8 rings (SSSR count). The van der Waals surface area contributed by atoms with Gasteiger partial charge in [-0.2, -0.15) is 0 Å². The average molecular weight is 486 g/mol. The molecule has 0 atom stereocenters. The lowest BCUT2D eigenvalue weighted by molar-refractivity contribution is 0.669. The monoisotopic (exact) mass is 485 g/mol. The second kappa shape index (κ2) is 8.22. The van der Waals surface area contributed by atoms with Crippen LogP contribution in [0.3, 0.4) is 0 Å². The van der Waals surface area contributed by atoms with Gasteiger partial charge < -0.3 is 8.98 Å². The smallest absolute Gasteiger partial charge is 0.136 e. The summed E-state index contributed by atoms with van der Waals surface area (Å²) < 4.78 is 8.49. The Morgan fingerprint density at radius 3 is 1.79 bits per heavy atom. The van der Waals surface area contributed by atoms with Crippen molar-refractivity contribution in [3.63, 3.8) is 0 Å². The minimum atomic E-state index is 0.921. The molecule has 0 aliphatic carbocycles. The summed E-state index contributed by atoms with van der Waals surface area (Å²) >= 11 is 0. The van der Waals surface area contributed by atoms with Gasteiger partial charge in [0.1, 0.15) is 11.2 Å². The number of para-hydroxylation sites is 3. The van der Waals surface area contributed by atoms with Gasteiger partial charge >= 0.3 is 0 Å². The Hall–Kier alpha value is -5.08. The zero-order valence-corrected chi connectivity index (χ0v) is 20.6. The van der Waals surface area contributed by atoms with E-state index in [1.807, 2.05) is 12.1 Å². The van der Waals surface area contributed by atoms with Gasteiger partial charge in [-0.25, -0.2) is 0 Å². The summed E-state index contributed by atoms with van der Waals surface area (Å²) in [5.74, 6) is 0. The van der Waals surface area contributed by atoms with Crippen LogP contribution in [0.2, 0.25) is 0 Å². The normalized spacial score (nSPS) is 11.7. The molecule has 2 heterocycles. The third-order valence-corrected chi connectivity index (χ3v) is 7.62. The van der Waals surface area contributed by atoms with Gasteiger partial charge in [0.05, 0.1) is 11.0 Å². The molecule has 0 bridgehead atoms. The Labute approximate surface area is 220 Å². The Morgan fingerprint density at radius 2 is 1.03 bits per heavy atom. The number of hydrogen-bond donors (Lipinski definition) is 0. The molecule has 2 heteroatoms. The molecule has 0 aliphatic heterocycles.